The first kappa shape index (κ1) is 9.14. The van der Waals surface area contributed by atoms with Gasteiger partial charge in [-0.25, -0.2) is 4.79 Å². The molecule has 2 heterocycles. The molecule has 72 valence electrons. The van der Waals surface area contributed by atoms with E-state index in [1.807, 2.05) is 0 Å². The van der Waals surface area contributed by atoms with E-state index in [0.29, 0.717) is 5.56 Å². The Bertz CT molecular complexity index is 517. The summed E-state index contributed by atoms with van der Waals surface area (Å²) in [5.41, 5.74) is 0.664. The third kappa shape index (κ3) is 1.60. The van der Waals surface area contributed by atoms with E-state index in [2.05, 4.69) is 26.0 Å². The molecule has 2 aromatic rings. The lowest BCUT2D eigenvalue weighted by atomic mass is 10.3. The lowest BCUT2D eigenvalue weighted by Crippen LogP contribution is -2.09. The molecule has 0 N–H and O–H groups in total. The van der Waals surface area contributed by atoms with Gasteiger partial charge in [0.1, 0.15) is 0 Å². The topological polar surface area (TPSA) is 60.9 Å². The van der Waals surface area contributed by atoms with Crippen molar-refractivity contribution in [1.82, 2.24) is 14.8 Å². The van der Waals surface area contributed by atoms with Crippen LogP contribution in [-0.4, -0.2) is 14.8 Å². The van der Waals surface area contributed by atoms with Gasteiger partial charge in [-0.1, -0.05) is 0 Å². The Kier molecular flexibility index (Phi) is 2.20. The third-order valence-corrected chi connectivity index (χ3v) is 2.07. The number of rotatable bonds is 1. The second-order valence-electron chi connectivity index (χ2n) is 2.69. The van der Waals surface area contributed by atoms with E-state index in [1.165, 1.54) is 7.05 Å². The summed E-state index contributed by atoms with van der Waals surface area (Å²) in [4.78, 5) is 14.9. The van der Waals surface area contributed by atoms with Gasteiger partial charge in [0.2, 0.25) is 0 Å². The average molecular weight is 256 g/mol. The molecule has 0 saturated carbocycles. The lowest BCUT2D eigenvalue weighted by Gasteiger charge is -1.93. The van der Waals surface area contributed by atoms with Crippen LogP contribution in [0.4, 0.5) is 0 Å². The van der Waals surface area contributed by atoms with Gasteiger partial charge in [0.25, 0.3) is 5.89 Å². The molecule has 0 amide bonds. The van der Waals surface area contributed by atoms with Crippen LogP contribution in [0.2, 0.25) is 0 Å². The zero-order chi connectivity index (χ0) is 10.1. The quantitative estimate of drug-likeness (QED) is 0.769. The van der Waals surface area contributed by atoms with Crippen molar-refractivity contribution < 1.29 is 4.42 Å². The molecule has 0 spiro atoms. The molecule has 5 nitrogen and oxygen atoms in total. The van der Waals surface area contributed by atoms with Crippen molar-refractivity contribution in [2.45, 2.75) is 0 Å². The number of aryl methyl sites for hydroxylation is 1. The van der Waals surface area contributed by atoms with Crippen LogP contribution in [0, 0.1) is 0 Å². The molecule has 0 aliphatic rings. The zero-order valence-electron chi connectivity index (χ0n) is 7.27. The van der Waals surface area contributed by atoms with Gasteiger partial charge in [-0.15, -0.1) is 5.10 Å². The monoisotopic (exact) mass is 255 g/mol. The fourth-order valence-corrected chi connectivity index (χ4v) is 1.36. The Morgan fingerprint density at radius 1 is 1.50 bits per heavy atom. The summed E-state index contributed by atoms with van der Waals surface area (Å²) >= 11 is 3.27. The van der Waals surface area contributed by atoms with E-state index in [4.69, 9.17) is 4.42 Å². The van der Waals surface area contributed by atoms with Crippen molar-refractivity contribution in [2.24, 2.45) is 7.05 Å². The maximum atomic E-state index is 11.0. The summed E-state index contributed by atoms with van der Waals surface area (Å²) in [5.74, 6) is -0.216. The Balaban J connectivity index is 2.54. The highest BCUT2D eigenvalue weighted by Crippen LogP contribution is 2.18. The molecular weight excluding hydrogens is 250 g/mol. The van der Waals surface area contributed by atoms with Gasteiger partial charge in [0.05, 0.1) is 5.56 Å². The summed E-state index contributed by atoms with van der Waals surface area (Å²) in [6.45, 7) is 0. The first-order valence-corrected chi connectivity index (χ1v) is 4.61. The van der Waals surface area contributed by atoms with Gasteiger partial charge in [-0.2, -0.15) is 4.68 Å². The highest BCUT2D eigenvalue weighted by atomic mass is 79.9. The van der Waals surface area contributed by atoms with Crippen molar-refractivity contribution >= 4 is 15.9 Å². The van der Waals surface area contributed by atoms with Crippen LogP contribution < -0.4 is 5.76 Å². The van der Waals surface area contributed by atoms with Gasteiger partial charge < -0.3 is 4.42 Å². The Hall–Kier alpha value is -1.43. The van der Waals surface area contributed by atoms with Crippen molar-refractivity contribution in [2.75, 3.05) is 0 Å². The van der Waals surface area contributed by atoms with Crippen molar-refractivity contribution in [3.05, 3.63) is 33.5 Å². The number of nitrogens with zero attached hydrogens (tertiary/aromatic N) is 3. The largest absolute Gasteiger partial charge is 0.437 e. The number of hydrogen-bond acceptors (Lipinski definition) is 4. The van der Waals surface area contributed by atoms with Crippen LogP contribution >= 0.6 is 15.9 Å². The minimum absolute atomic E-state index is 0.270. The fraction of sp³-hybridized carbons (Fsp3) is 0.125. The predicted octanol–water partition coefficient (Wildman–Crippen LogP) is 1.20. The SMILES string of the molecule is Cn1nc(-c2cncc(Br)c2)oc1=O. The van der Waals surface area contributed by atoms with Crippen LogP contribution in [0.1, 0.15) is 0 Å². The minimum Gasteiger partial charge on any atom is -0.388 e. The van der Waals surface area contributed by atoms with Gasteiger partial charge in [0.15, 0.2) is 0 Å². The van der Waals surface area contributed by atoms with Gasteiger partial charge in [-0.05, 0) is 22.0 Å². The molecule has 0 aliphatic heterocycles. The molecule has 0 saturated heterocycles. The van der Waals surface area contributed by atoms with Gasteiger partial charge in [0, 0.05) is 23.9 Å². The Morgan fingerprint density at radius 3 is 2.86 bits per heavy atom. The van der Waals surface area contributed by atoms with E-state index < -0.39 is 5.76 Å². The minimum atomic E-state index is -0.486. The predicted molar refractivity (Wildman–Crippen MR) is 52.7 cm³/mol. The lowest BCUT2D eigenvalue weighted by molar-refractivity contribution is 0.505. The van der Waals surface area contributed by atoms with Crippen molar-refractivity contribution in [1.29, 1.82) is 0 Å². The van der Waals surface area contributed by atoms with Crippen molar-refractivity contribution in [3.63, 3.8) is 0 Å². The van der Waals surface area contributed by atoms with E-state index in [9.17, 15) is 4.79 Å². The molecule has 0 aliphatic carbocycles. The molecule has 14 heavy (non-hydrogen) atoms. The molecule has 0 fully saturated rings. The first-order valence-electron chi connectivity index (χ1n) is 3.82. The number of aromatic nitrogens is 3. The second-order valence-corrected chi connectivity index (χ2v) is 3.60. The molecule has 2 aromatic heterocycles. The van der Waals surface area contributed by atoms with E-state index >= 15 is 0 Å². The molecule has 0 atom stereocenters. The Labute approximate surface area is 87.5 Å². The number of halogens is 1. The molecule has 0 radical (unpaired) electrons. The molecular formula is C8H6BrN3O2. The Morgan fingerprint density at radius 2 is 2.29 bits per heavy atom. The van der Waals surface area contributed by atoms with E-state index in [0.717, 1.165) is 9.15 Å². The third-order valence-electron chi connectivity index (χ3n) is 1.64. The standard InChI is InChI=1S/C8H6BrN3O2/c1-12-8(13)14-7(11-12)5-2-6(9)4-10-3-5/h2-4H,1H3. The van der Waals surface area contributed by atoms with Crippen LogP contribution in [0.5, 0.6) is 0 Å². The summed E-state index contributed by atoms with van der Waals surface area (Å²) in [7, 11) is 1.53. The van der Waals surface area contributed by atoms with Gasteiger partial charge >= 0.3 is 5.76 Å². The molecule has 0 bridgehead atoms. The normalized spacial score (nSPS) is 10.4. The van der Waals surface area contributed by atoms with Crippen molar-refractivity contribution in [3.8, 4) is 11.5 Å². The van der Waals surface area contributed by atoms with Crippen LogP contribution in [-0.2, 0) is 7.05 Å². The van der Waals surface area contributed by atoms with E-state index in [-0.39, 0.29) is 5.89 Å². The maximum Gasteiger partial charge on any atom is 0.437 e. The maximum absolute atomic E-state index is 11.0. The van der Waals surface area contributed by atoms with E-state index in [1.54, 1.807) is 18.5 Å². The molecule has 0 aromatic carbocycles. The number of hydrogen-bond donors (Lipinski definition) is 0. The fourth-order valence-electron chi connectivity index (χ4n) is 0.992. The highest BCUT2D eigenvalue weighted by Gasteiger charge is 2.07. The van der Waals surface area contributed by atoms with Crippen LogP contribution in [0.3, 0.4) is 0 Å². The van der Waals surface area contributed by atoms with Gasteiger partial charge in [-0.3, -0.25) is 4.98 Å². The summed E-state index contributed by atoms with van der Waals surface area (Å²) in [6, 6.07) is 1.78. The average Bonchev–Trinajstić information content (AvgIpc) is 2.47. The number of pyridine rings is 1. The first-order chi connectivity index (χ1) is 6.66. The smallest absolute Gasteiger partial charge is 0.388 e. The highest BCUT2D eigenvalue weighted by molar-refractivity contribution is 9.10. The van der Waals surface area contributed by atoms with Crippen LogP contribution in [0.25, 0.3) is 11.5 Å². The second kappa shape index (κ2) is 3.38. The van der Waals surface area contributed by atoms with Crippen LogP contribution in [0.15, 0.2) is 32.1 Å². The molecule has 2 rings (SSSR count). The summed E-state index contributed by atoms with van der Waals surface area (Å²) in [6.07, 6.45) is 3.22. The molecule has 6 heteroatoms. The summed E-state index contributed by atoms with van der Waals surface area (Å²) < 4.78 is 6.83. The summed E-state index contributed by atoms with van der Waals surface area (Å²) in [5, 5.41) is 3.90. The molecule has 0 unspecified atom stereocenters. The zero-order valence-corrected chi connectivity index (χ0v) is 8.85.